The molecule has 0 bridgehead atoms. The molecule has 1 fully saturated rings. The first kappa shape index (κ1) is 18.3. The van der Waals surface area contributed by atoms with Gasteiger partial charge in [-0.3, -0.25) is 9.59 Å². The van der Waals surface area contributed by atoms with Gasteiger partial charge in [0.2, 0.25) is 11.8 Å². The number of likely N-dealkylation sites (tertiary alicyclic amines) is 1. The van der Waals surface area contributed by atoms with E-state index in [0.717, 1.165) is 38.0 Å². The molecule has 0 atom stereocenters. The molecule has 5 heteroatoms. The number of unbranched alkanes of at least 4 members (excludes halogenated alkanes) is 1. The Labute approximate surface area is 144 Å². The van der Waals surface area contributed by atoms with Gasteiger partial charge in [0, 0.05) is 25.6 Å². The lowest BCUT2D eigenvalue weighted by Crippen LogP contribution is -2.43. The molecule has 0 aliphatic carbocycles. The molecule has 0 saturated carbocycles. The van der Waals surface area contributed by atoms with Crippen LogP contribution in [0, 0.1) is 5.92 Å². The highest BCUT2D eigenvalue weighted by molar-refractivity contribution is 5.80. The van der Waals surface area contributed by atoms with Crippen LogP contribution in [-0.2, 0) is 9.59 Å². The number of nitrogens with zero attached hydrogens (tertiary/aromatic N) is 1. The van der Waals surface area contributed by atoms with Crippen molar-refractivity contribution in [3.8, 4) is 5.75 Å². The fourth-order valence-corrected chi connectivity index (χ4v) is 2.85. The van der Waals surface area contributed by atoms with E-state index >= 15 is 0 Å². The number of para-hydroxylation sites is 1. The van der Waals surface area contributed by atoms with Crippen molar-refractivity contribution in [3.05, 3.63) is 30.3 Å². The Hall–Kier alpha value is -2.04. The Balaban J connectivity index is 1.64. The monoisotopic (exact) mass is 332 g/mol. The number of benzene rings is 1. The van der Waals surface area contributed by atoms with Crippen molar-refractivity contribution in [2.45, 2.75) is 39.0 Å². The number of hydrogen-bond donors (Lipinski definition) is 1. The van der Waals surface area contributed by atoms with E-state index in [9.17, 15) is 9.59 Å². The SMILES string of the molecule is CCCCNC(=O)C1CCN(C(=O)CCOc2ccccc2)CC1. The summed E-state index contributed by atoms with van der Waals surface area (Å²) in [7, 11) is 0. The van der Waals surface area contributed by atoms with Gasteiger partial charge in [0.1, 0.15) is 5.75 Å². The number of rotatable bonds is 8. The summed E-state index contributed by atoms with van der Waals surface area (Å²) >= 11 is 0. The van der Waals surface area contributed by atoms with E-state index in [0.29, 0.717) is 26.1 Å². The molecule has 1 heterocycles. The van der Waals surface area contributed by atoms with Crippen molar-refractivity contribution in [1.29, 1.82) is 0 Å². The van der Waals surface area contributed by atoms with Gasteiger partial charge in [0.25, 0.3) is 0 Å². The zero-order chi connectivity index (χ0) is 17.2. The van der Waals surface area contributed by atoms with Crippen molar-refractivity contribution in [2.24, 2.45) is 5.92 Å². The Morgan fingerprint density at radius 1 is 1.21 bits per heavy atom. The molecule has 1 aromatic rings. The molecule has 5 nitrogen and oxygen atoms in total. The maximum atomic E-state index is 12.2. The number of nitrogens with one attached hydrogen (secondary N) is 1. The minimum Gasteiger partial charge on any atom is -0.493 e. The number of carbonyl (C=O) groups excluding carboxylic acids is 2. The lowest BCUT2D eigenvalue weighted by atomic mass is 9.95. The van der Waals surface area contributed by atoms with E-state index in [1.165, 1.54) is 0 Å². The van der Waals surface area contributed by atoms with Gasteiger partial charge in [-0.05, 0) is 31.4 Å². The van der Waals surface area contributed by atoms with Gasteiger partial charge in [0.15, 0.2) is 0 Å². The van der Waals surface area contributed by atoms with Gasteiger partial charge in [0.05, 0.1) is 13.0 Å². The summed E-state index contributed by atoms with van der Waals surface area (Å²) in [6.45, 7) is 4.58. The van der Waals surface area contributed by atoms with Crippen LogP contribution < -0.4 is 10.1 Å². The normalized spacial score (nSPS) is 15.1. The van der Waals surface area contributed by atoms with E-state index in [1.807, 2.05) is 35.2 Å². The molecular weight excluding hydrogens is 304 g/mol. The molecule has 1 aromatic carbocycles. The summed E-state index contributed by atoms with van der Waals surface area (Å²) in [6.07, 6.45) is 3.98. The minimum absolute atomic E-state index is 0.0477. The van der Waals surface area contributed by atoms with Crippen molar-refractivity contribution in [1.82, 2.24) is 10.2 Å². The number of carbonyl (C=O) groups is 2. The van der Waals surface area contributed by atoms with E-state index in [2.05, 4.69) is 12.2 Å². The predicted molar refractivity (Wildman–Crippen MR) is 93.8 cm³/mol. The molecule has 0 aromatic heterocycles. The number of hydrogen-bond acceptors (Lipinski definition) is 3. The van der Waals surface area contributed by atoms with E-state index in [4.69, 9.17) is 4.74 Å². The maximum absolute atomic E-state index is 12.2. The Morgan fingerprint density at radius 2 is 1.92 bits per heavy atom. The number of amides is 2. The van der Waals surface area contributed by atoms with Crippen LogP contribution in [0.15, 0.2) is 30.3 Å². The molecular formula is C19H28N2O3. The van der Waals surface area contributed by atoms with Crippen LogP contribution >= 0.6 is 0 Å². The quantitative estimate of drug-likeness (QED) is 0.745. The van der Waals surface area contributed by atoms with Gasteiger partial charge >= 0.3 is 0 Å². The third-order valence-electron chi connectivity index (χ3n) is 4.38. The third kappa shape index (κ3) is 5.87. The summed E-state index contributed by atoms with van der Waals surface area (Å²) in [6, 6.07) is 9.52. The lowest BCUT2D eigenvalue weighted by Gasteiger charge is -2.31. The van der Waals surface area contributed by atoms with Crippen LogP contribution in [0.1, 0.15) is 39.0 Å². The first-order chi connectivity index (χ1) is 11.7. The van der Waals surface area contributed by atoms with Crippen molar-refractivity contribution >= 4 is 11.8 Å². The van der Waals surface area contributed by atoms with Crippen molar-refractivity contribution in [3.63, 3.8) is 0 Å². The molecule has 2 amide bonds. The number of ether oxygens (including phenoxy) is 1. The molecule has 1 aliphatic heterocycles. The molecule has 132 valence electrons. The molecule has 24 heavy (non-hydrogen) atoms. The standard InChI is InChI=1S/C19H28N2O3/c1-2-3-12-20-19(23)16-9-13-21(14-10-16)18(22)11-15-24-17-7-5-4-6-8-17/h4-8,16H,2-3,9-15H2,1H3,(H,20,23). The van der Waals surface area contributed by atoms with Crippen molar-refractivity contribution < 1.29 is 14.3 Å². The number of piperidine rings is 1. The highest BCUT2D eigenvalue weighted by atomic mass is 16.5. The largest absolute Gasteiger partial charge is 0.493 e. The molecule has 1 aliphatic rings. The van der Waals surface area contributed by atoms with Crippen LogP contribution in [0.5, 0.6) is 5.75 Å². The zero-order valence-corrected chi connectivity index (χ0v) is 14.5. The highest BCUT2D eigenvalue weighted by Gasteiger charge is 2.26. The minimum atomic E-state index is 0.0477. The second-order valence-electron chi connectivity index (χ2n) is 6.21. The molecule has 2 rings (SSSR count). The summed E-state index contributed by atoms with van der Waals surface area (Å²) in [5, 5.41) is 2.99. The van der Waals surface area contributed by atoms with E-state index in [1.54, 1.807) is 0 Å². The second kappa shape index (κ2) is 9.96. The predicted octanol–water partition coefficient (Wildman–Crippen LogP) is 2.61. The van der Waals surface area contributed by atoms with Gasteiger partial charge in [-0.1, -0.05) is 31.5 Å². The highest BCUT2D eigenvalue weighted by Crippen LogP contribution is 2.18. The van der Waals surface area contributed by atoms with Crippen LogP contribution in [0.2, 0.25) is 0 Å². The molecule has 0 radical (unpaired) electrons. The van der Waals surface area contributed by atoms with Gasteiger partial charge in [-0.25, -0.2) is 0 Å². The summed E-state index contributed by atoms with van der Waals surface area (Å²) < 4.78 is 5.57. The molecule has 1 N–H and O–H groups in total. The Bertz CT molecular complexity index is 511. The third-order valence-corrected chi connectivity index (χ3v) is 4.38. The average molecular weight is 332 g/mol. The smallest absolute Gasteiger partial charge is 0.225 e. The Kier molecular flexibility index (Phi) is 7.59. The fourth-order valence-electron chi connectivity index (χ4n) is 2.85. The maximum Gasteiger partial charge on any atom is 0.225 e. The second-order valence-corrected chi connectivity index (χ2v) is 6.21. The van der Waals surface area contributed by atoms with E-state index < -0.39 is 0 Å². The van der Waals surface area contributed by atoms with Crippen LogP contribution in [0.3, 0.4) is 0 Å². The average Bonchev–Trinajstić information content (AvgIpc) is 2.63. The van der Waals surface area contributed by atoms with Crippen LogP contribution in [0.4, 0.5) is 0 Å². The zero-order valence-electron chi connectivity index (χ0n) is 14.5. The fraction of sp³-hybridized carbons (Fsp3) is 0.579. The van der Waals surface area contributed by atoms with Crippen molar-refractivity contribution in [2.75, 3.05) is 26.2 Å². The van der Waals surface area contributed by atoms with E-state index in [-0.39, 0.29) is 17.7 Å². The van der Waals surface area contributed by atoms with Gasteiger partial charge in [-0.15, -0.1) is 0 Å². The van der Waals surface area contributed by atoms with Gasteiger partial charge < -0.3 is 15.0 Å². The molecule has 1 saturated heterocycles. The lowest BCUT2D eigenvalue weighted by molar-refractivity contribution is -0.136. The van der Waals surface area contributed by atoms with Gasteiger partial charge in [-0.2, -0.15) is 0 Å². The van der Waals surface area contributed by atoms with Crippen LogP contribution in [0.25, 0.3) is 0 Å². The first-order valence-electron chi connectivity index (χ1n) is 8.94. The summed E-state index contributed by atoms with van der Waals surface area (Å²) in [4.78, 5) is 26.1. The molecule has 0 spiro atoms. The first-order valence-corrected chi connectivity index (χ1v) is 8.94. The Morgan fingerprint density at radius 3 is 2.58 bits per heavy atom. The summed E-state index contributed by atoms with van der Waals surface area (Å²) in [5.74, 6) is 1.08. The summed E-state index contributed by atoms with van der Waals surface area (Å²) in [5.41, 5.74) is 0. The molecule has 0 unspecified atom stereocenters. The topological polar surface area (TPSA) is 58.6 Å². The van der Waals surface area contributed by atoms with Crippen LogP contribution in [-0.4, -0.2) is 43.0 Å².